The Morgan fingerprint density at radius 2 is 1.44 bits per heavy atom. The Bertz CT molecular complexity index is 937. The van der Waals surface area contributed by atoms with Gasteiger partial charge in [0.05, 0.1) is 17.1 Å². The Morgan fingerprint density at radius 3 is 2.04 bits per heavy atom. The number of aryl methyl sites for hydroxylation is 1. The van der Waals surface area contributed by atoms with Gasteiger partial charge >= 0.3 is 0 Å². The fourth-order valence-electron chi connectivity index (χ4n) is 2.51. The molecule has 0 fully saturated rings. The molecule has 3 aromatic rings. The average molecular weight is 416 g/mol. The molecule has 128 valence electrons. The molecule has 0 saturated heterocycles. The van der Waals surface area contributed by atoms with Crippen LogP contribution in [0, 0.1) is 6.92 Å². The van der Waals surface area contributed by atoms with E-state index in [0.29, 0.717) is 5.69 Å². The van der Waals surface area contributed by atoms with Gasteiger partial charge in [0, 0.05) is 4.47 Å². The molecule has 0 aliphatic rings. The van der Waals surface area contributed by atoms with Crippen LogP contribution in [0.4, 0.5) is 5.69 Å². The number of sulfonamides is 1. The number of hydrogen-bond acceptors (Lipinski definition) is 2. The molecule has 5 heteroatoms. The van der Waals surface area contributed by atoms with E-state index in [2.05, 4.69) is 15.9 Å². The molecule has 3 rings (SSSR count). The van der Waals surface area contributed by atoms with Crippen molar-refractivity contribution in [2.45, 2.75) is 18.4 Å². The van der Waals surface area contributed by atoms with Gasteiger partial charge in [0.1, 0.15) is 0 Å². The quantitative estimate of drug-likeness (QED) is 0.577. The maximum atomic E-state index is 13.2. The van der Waals surface area contributed by atoms with E-state index in [4.69, 9.17) is 0 Å². The van der Waals surface area contributed by atoms with Crippen LogP contribution in [-0.2, 0) is 16.6 Å². The van der Waals surface area contributed by atoms with Crippen LogP contribution in [-0.4, -0.2) is 8.42 Å². The van der Waals surface area contributed by atoms with Gasteiger partial charge < -0.3 is 0 Å². The third kappa shape index (κ3) is 4.11. The van der Waals surface area contributed by atoms with E-state index in [-0.39, 0.29) is 11.4 Å². The van der Waals surface area contributed by atoms with Gasteiger partial charge in [0.2, 0.25) is 0 Å². The van der Waals surface area contributed by atoms with Gasteiger partial charge in [0.15, 0.2) is 0 Å². The number of benzene rings is 3. The molecule has 3 nitrogen and oxygen atoms in total. The van der Waals surface area contributed by atoms with Gasteiger partial charge in [-0.15, -0.1) is 0 Å². The largest absolute Gasteiger partial charge is 0.264 e. The fourth-order valence-corrected chi connectivity index (χ4v) is 4.23. The predicted molar refractivity (Wildman–Crippen MR) is 105 cm³/mol. The van der Waals surface area contributed by atoms with Crippen LogP contribution in [0.3, 0.4) is 0 Å². The fraction of sp³-hybridized carbons (Fsp3) is 0.100. The molecule has 25 heavy (non-hydrogen) atoms. The van der Waals surface area contributed by atoms with E-state index < -0.39 is 10.0 Å². The van der Waals surface area contributed by atoms with Gasteiger partial charge in [0.25, 0.3) is 10.0 Å². The van der Waals surface area contributed by atoms with E-state index >= 15 is 0 Å². The predicted octanol–water partition coefficient (Wildman–Crippen LogP) is 5.15. The van der Waals surface area contributed by atoms with Gasteiger partial charge in [-0.1, -0.05) is 64.0 Å². The summed E-state index contributed by atoms with van der Waals surface area (Å²) in [5, 5.41) is 0. The van der Waals surface area contributed by atoms with Crippen LogP contribution < -0.4 is 4.31 Å². The Kier molecular flexibility index (Phi) is 5.25. The number of nitrogens with zero attached hydrogens (tertiary/aromatic N) is 1. The van der Waals surface area contributed by atoms with Crippen LogP contribution in [0.5, 0.6) is 0 Å². The zero-order chi connectivity index (χ0) is 17.9. The molecule has 0 aliphatic carbocycles. The summed E-state index contributed by atoms with van der Waals surface area (Å²) in [6.45, 7) is 2.21. The summed E-state index contributed by atoms with van der Waals surface area (Å²) >= 11 is 3.40. The van der Waals surface area contributed by atoms with E-state index in [1.807, 2.05) is 61.5 Å². The van der Waals surface area contributed by atoms with E-state index in [1.165, 1.54) is 4.31 Å². The highest BCUT2D eigenvalue weighted by Crippen LogP contribution is 2.27. The van der Waals surface area contributed by atoms with Gasteiger partial charge in [-0.05, 0) is 48.9 Å². The van der Waals surface area contributed by atoms with Gasteiger partial charge in [-0.25, -0.2) is 8.42 Å². The van der Waals surface area contributed by atoms with Crippen molar-refractivity contribution in [3.8, 4) is 0 Å². The van der Waals surface area contributed by atoms with E-state index in [1.54, 1.807) is 24.3 Å². The van der Waals surface area contributed by atoms with Crippen LogP contribution in [0.25, 0.3) is 0 Å². The van der Waals surface area contributed by atoms with E-state index in [0.717, 1.165) is 15.6 Å². The molecular weight excluding hydrogens is 398 g/mol. The molecule has 0 atom stereocenters. The first-order valence-electron chi connectivity index (χ1n) is 7.86. The summed E-state index contributed by atoms with van der Waals surface area (Å²) in [5.74, 6) is 0. The highest BCUT2D eigenvalue weighted by atomic mass is 79.9. The lowest BCUT2D eigenvalue weighted by atomic mass is 10.2. The molecule has 0 amide bonds. The van der Waals surface area contributed by atoms with Crippen LogP contribution in [0.1, 0.15) is 11.1 Å². The smallest absolute Gasteiger partial charge is 0.262 e. The normalized spacial score (nSPS) is 11.3. The summed E-state index contributed by atoms with van der Waals surface area (Å²) in [6, 6.07) is 23.8. The molecule has 0 aliphatic heterocycles. The van der Waals surface area contributed by atoms with Crippen molar-refractivity contribution in [3.63, 3.8) is 0 Å². The van der Waals surface area contributed by atoms with Crippen LogP contribution >= 0.6 is 15.9 Å². The summed E-state index contributed by atoms with van der Waals surface area (Å²) < 4.78 is 28.8. The maximum Gasteiger partial charge on any atom is 0.264 e. The lowest BCUT2D eigenvalue weighted by Gasteiger charge is -2.25. The van der Waals surface area contributed by atoms with Crippen molar-refractivity contribution in [2.24, 2.45) is 0 Å². The topological polar surface area (TPSA) is 37.4 Å². The van der Waals surface area contributed by atoms with Gasteiger partial charge in [-0.3, -0.25) is 4.31 Å². The zero-order valence-corrected chi connectivity index (χ0v) is 16.2. The van der Waals surface area contributed by atoms with Crippen molar-refractivity contribution < 1.29 is 8.42 Å². The molecule has 0 spiro atoms. The van der Waals surface area contributed by atoms with E-state index in [9.17, 15) is 8.42 Å². The molecule has 0 bridgehead atoms. The molecule has 0 N–H and O–H groups in total. The first-order chi connectivity index (χ1) is 12.0. The van der Waals surface area contributed by atoms with Crippen LogP contribution in [0.15, 0.2) is 88.2 Å². The van der Waals surface area contributed by atoms with Crippen molar-refractivity contribution >= 4 is 31.6 Å². The molecule has 0 radical (unpaired) electrons. The maximum absolute atomic E-state index is 13.2. The third-order valence-corrected chi connectivity index (χ3v) is 6.21. The highest BCUT2D eigenvalue weighted by molar-refractivity contribution is 9.10. The molecule has 0 saturated carbocycles. The minimum absolute atomic E-state index is 0.276. The third-order valence-electron chi connectivity index (χ3n) is 3.89. The van der Waals surface area contributed by atoms with Gasteiger partial charge in [-0.2, -0.15) is 0 Å². The summed E-state index contributed by atoms with van der Waals surface area (Å²) in [6.07, 6.45) is 0. The highest BCUT2D eigenvalue weighted by Gasteiger charge is 2.25. The second-order valence-corrected chi connectivity index (χ2v) is 8.56. The Labute approximate surface area is 157 Å². The molecule has 0 heterocycles. The van der Waals surface area contributed by atoms with Crippen molar-refractivity contribution in [1.29, 1.82) is 0 Å². The standard InChI is InChI=1S/C20H18BrNO2S/c1-16-7-13-20(14-8-16)25(23,24)22(15-17-5-3-2-4-6-17)19-11-9-18(21)10-12-19/h2-14H,15H2,1H3. The Hall–Kier alpha value is -2.11. The minimum Gasteiger partial charge on any atom is -0.262 e. The Balaban J connectivity index is 2.06. The van der Waals surface area contributed by atoms with Crippen molar-refractivity contribution in [1.82, 2.24) is 0 Å². The van der Waals surface area contributed by atoms with Crippen LogP contribution in [0.2, 0.25) is 0 Å². The van der Waals surface area contributed by atoms with Crippen molar-refractivity contribution in [3.05, 3.63) is 94.5 Å². The lowest BCUT2D eigenvalue weighted by Crippen LogP contribution is -2.30. The lowest BCUT2D eigenvalue weighted by molar-refractivity contribution is 0.590. The monoisotopic (exact) mass is 415 g/mol. The number of anilines is 1. The second kappa shape index (κ2) is 7.42. The summed E-state index contributed by atoms with van der Waals surface area (Å²) in [5.41, 5.74) is 2.59. The summed E-state index contributed by atoms with van der Waals surface area (Å²) in [4.78, 5) is 0.289. The molecule has 0 aromatic heterocycles. The SMILES string of the molecule is Cc1ccc(S(=O)(=O)N(Cc2ccccc2)c2ccc(Br)cc2)cc1. The second-order valence-electron chi connectivity index (χ2n) is 5.79. The number of rotatable bonds is 5. The average Bonchev–Trinajstić information content (AvgIpc) is 2.62. The first-order valence-corrected chi connectivity index (χ1v) is 10.1. The number of halogens is 1. The summed E-state index contributed by atoms with van der Waals surface area (Å²) in [7, 11) is -3.66. The Morgan fingerprint density at radius 1 is 0.840 bits per heavy atom. The zero-order valence-electron chi connectivity index (χ0n) is 13.8. The first kappa shape index (κ1) is 17.7. The molecule has 3 aromatic carbocycles. The minimum atomic E-state index is -3.66. The number of hydrogen-bond donors (Lipinski definition) is 0. The molecular formula is C20H18BrNO2S. The van der Waals surface area contributed by atoms with Crippen molar-refractivity contribution in [2.75, 3.05) is 4.31 Å². The molecule has 0 unspecified atom stereocenters.